The molecule has 0 aliphatic carbocycles. The smallest absolute Gasteiger partial charge is 0.222 e. The zero-order valence-electron chi connectivity index (χ0n) is 14.8. The van der Waals surface area contributed by atoms with E-state index in [-0.39, 0.29) is 11.7 Å². The summed E-state index contributed by atoms with van der Waals surface area (Å²) in [6.07, 6.45) is 1.35. The molecule has 0 aromatic heterocycles. The van der Waals surface area contributed by atoms with E-state index in [1.165, 1.54) is 0 Å². The Bertz CT molecular complexity index is 673. The van der Waals surface area contributed by atoms with Crippen molar-refractivity contribution in [3.63, 3.8) is 0 Å². The summed E-state index contributed by atoms with van der Waals surface area (Å²) in [5.41, 5.74) is 1.03. The lowest BCUT2D eigenvalue weighted by Crippen LogP contribution is -2.26. The molecule has 0 aliphatic heterocycles. The third-order valence-electron chi connectivity index (χ3n) is 3.75. The lowest BCUT2D eigenvalue weighted by molar-refractivity contribution is -0.130. The first-order chi connectivity index (χ1) is 12.1. The number of carbonyl (C=O) groups is 1. The second kappa shape index (κ2) is 9.99. The number of carbonyl (C=O) groups excluding carboxylic acids is 1. The van der Waals surface area contributed by atoms with Crippen LogP contribution in [0.1, 0.15) is 25.3 Å². The number of hydrogen-bond acceptors (Lipinski definition) is 4. The fourth-order valence-electron chi connectivity index (χ4n) is 2.42. The number of ether oxygens (including phenoxy) is 1. The Hall–Kier alpha value is -2.14. The van der Waals surface area contributed by atoms with Gasteiger partial charge in [-0.1, -0.05) is 18.2 Å². The van der Waals surface area contributed by atoms with E-state index in [2.05, 4.69) is 0 Å². The molecule has 0 saturated carbocycles. The Morgan fingerprint density at radius 2 is 1.88 bits per heavy atom. The number of aromatic hydroxyl groups is 1. The molecule has 4 nitrogen and oxygen atoms in total. The maximum atomic E-state index is 12.3. The molecular formula is C20H25NO3S. The molecule has 0 saturated heterocycles. The van der Waals surface area contributed by atoms with Crippen LogP contribution in [0.4, 0.5) is 0 Å². The zero-order chi connectivity index (χ0) is 18.1. The molecule has 2 aromatic carbocycles. The SMILES string of the molecule is CCOc1ccccc1CN(C)C(=O)CCCSc1ccc(O)cc1. The normalized spacial score (nSPS) is 10.5. The number of nitrogens with zero attached hydrogens (tertiary/aromatic N) is 1. The van der Waals surface area contributed by atoms with Crippen molar-refractivity contribution in [1.82, 2.24) is 4.90 Å². The average molecular weight is 359 g/mol. The van der Waals surface area contributed by atoms with Gasteiger partial charge in [-0.2, -0.15) is 0 Å². The maximum Gasteiger partial charge on any atom is 0.222 e. The van der Waals surface area contributed by atoms with Crippen LogP contribution in [-0.2, 0) is 11.3 Å². The van der Waals surface area contributed by atoms with E-state index in [1.54, 1.807) is 28.8 Å². The average Bonchev–Trinajstić information content (AvgIpc) is 2.62. The number of phenolic OH excluding ortho intramolecular Hbond substituents is 1. The second-order valence-corrected chi connectivity index (χ2v) is 6.90. The molecule has 2 rings (SSSR count). The molecule has 25 heavy (non-hydrogen) atoms. The van der Waals surface area contributed by atoms with E-state index in [1.807, 2.05) is 50.4 Å². The van der Waals surface area contributed by atoms with Gasteiger partial charge in [0.05, 0.1) is 6.61 Å². The van der Waals surface area contributed by atoms with Crippen molar-refractivity contribution in [2.45, 2.75) is 31.2 Å². The summed E-state index contributed by atoms with van der Waals surface area (Å²) >= 11 is 1.69. The molecule has 1 N–H and O–H groups in total. The van der Waals surface area contributed by atoms with Gasteiger partial charge in [-0.15, -0.1) is 11.8 Å². The Morgan fingerprint density at radius 1 is 1.16 bits per heavy atom. The molecular weight excluding hydrogens is 334 g/mol. The Balaban J connectivity index is 1.75. The van der Waals surface area contributed by atoms with Crippen LogP contribution in [0.25, 0.3) is 0 Å². The van der Waals surface area contributed by atoms with Gasteiger partial charge < -0.3 is 14.7 Å². The predicted molar refractivity (Wildman–Crippen MR) is 102 cm³/mol. The molecule has 0 fully saturated rings. The summed E-state index contributed by atoms with van der Waals surface area (Å²) in [7, 11) is 1.83. The molecule has 2 aromatic rings. The molecule has 0 unspecified atom stereocenters. The second-order valence-electron chi connectivity index (χ2n) is 5.74. The Morgan fingerprint density at radius 3 is 2.60 bits per heavy atom. The van der Waals surface area contributed by atoms with Crippen molar-refractivity contribution < 1.29 is 14.6 Å². The molecule has 134 valence electrons. The van der Waals surface area contributed by atoms with Crippen LogP contribution in [0.5, 0.6) is 11.5 Å². The number of benzene rings is 2. The summed E-state index contributed by atoms with van der Waals surface area (Å²) < 4.78 is 5.61. The number of amides is 1. The molecule has 0 spiro atoms. The minimum atomic E-state index is 0.137. The summed E-state index contributed by atoms with van der Waals surface area (Å²) in [6, 6.07) is 15.0. The lowest BCUT2D eigenvalue weighted by atomic mass is 10.2. The van der Waals surface area contributed by atoms with Crippen molar-refractivity contribution in [3.8, 4) is 11.5 Å². The Kier molecular flexibility index (Phi) is 7.67. The maximum absolute atomic E-state index is 12.3. The highest BCUT2D eigenvalue weighted by atomic mass is 32.2. The van der Waals surface area contributed by atoms with Gasteiger partial charge in [0.25, 0.3) is 0 Å². The van der Waals surface area contributed by atoms with Crippen LogP contribution < -0.4 is 4.74 Å². The highest BCUT2D eigenvalue weighted by Crippen LogP contribution is 2.22. The molecule has 5 heteroatoms. The highest BCUT2D eigenvalue weighted by molar-refractivity contribution is 7.99. The standard InChI is InChI=1S/C20H25NO3S/c1-3-24-19-8-5-4-7-16(19)15-21(2)20(23)9-6-14-25-18-12-10-17(22)11-13-18/h4-5,7-8,10-13,22H,3,6,9,14-15H2,1-2H3. The quantitative estimate of drug-likeness (QED) is 0.535. The van der Waals surface area contributed by atoms with Gasteiger partial charge in [-0.25, -0.2) is 0 Å². The minimum Gasteiger partial charge on any atom is -0.508 e. The molecule has 0 atom stereocenters. The third kappa shape index (κ3) is 6.35. The molecule has 0 heterocycles. The molecule has 1 amide bonds. The van der Waals surface area contributed by atoms with Crippen molar-refractivity contribution in [1.29, 1.82) is 0 Å². The van der Waals surface area contributed by atoms with E-state index < -0.39 is 0 Å². The van der Waals surface area contributed by atoms with E-state index >= 15 is 0 Å². The van der Waals surface area contributed by atoms with Crippen LogP contribution in [0.15, 0.2) is 53.4 Å². The van der Waals surface area contributed by atoms with Crippen molar-refractivity contribution in [2.24, 2.45) is 0 Å². The van der Waals surface area contributed by atoms with Gasteiger partial charge >= 0.3 is 0 Å². The minimum absolute atomic E-state index is 0.137. The zero-order valence-corrected chi connectivity index (χ0v) is 15.6. The van der Waals surface area contributed by atoms with Gasteiger partial charge in [0.2, 0.25) is 5.91 Å². The third-order valence-corrected chi connectivity index (χ3v) is 4.84. The first-order valence-corrected chi connectivity index (χ1v) is 9.45. The largest absolute Gasteiger partial charge is 0.508 e. The fourth-order valence-corrected chi connectivity index (χ4v) is 3.27. The van der Waals surface area contributed by atoms with Crippen LogP contribution >= 0.6 is 11.8 Å². The van der Waals surface area contributed by atoms with Crippen molar-refractivity contribution in [2.75, 3.05) is 19.4 Å². The first kappa shape index (κ1) is 19.2. The lowest BCUT2D eigenvalue weighted by Gasteiger charge is -2.19. The summed E-state index contributed by atoms with van der Waals surface area (Å²) in [4.78, 5) is 15.2. The van der Waals surface area contributed by atoms with E-state index in [0.717, 1.165) is 28.4 Å². The number of thioether (sulfide) groups is 1. The van der Waals surface area contributed by atoms with Crippen LogP contribution in [0, 0.1) is 0 Å². The van der Waals surface area contributed by atoms with Gasteiger partial charge in [-0.05, 0) is 49.4 Å². The van der Waals surface area contributed by atoms with Gasteiger partial charge in [0, 0.05) is 30.5 Å². The van der Waals surface area contributed by atoms with Gasteiger partial charge in [0.15, 0.2) is 0 Å². The number of rotatable bonds is 9. The predicted octanol–water partition coefficient (Wildman–Crippen LogP) is 4.32. The van der Waals surface area contributed by atoms with E-state index in [4.69, 9.17) is 4.74 Å². The highest BCUT2D eigenvalue weighted by Gasteiger charge is 2.11. The van der Waals surface area contributed by atoms with Gasteiger partial charge in [-0.3, -0.25) is 4.79 Å². The summed E-state index contributed by atoms with van der Waals surface area (Å²) in [5, 5.41) is 9.27. The van der Waals surface area contributed by atoms with E-state index in [9.17, 15) is 9.90 Å². The summed E-state index contributed by atoms with van der Waals surface area (Å²) in [6.45, 7) is 3.13. The van der Waals surface area contributed by atoms with E-state index in [0.29, 0.717) is 19.6 Å². The van der Waals surface area contributed by atoms with Crippen molar-refractivity contribution >= 4 is 17.7 Å². The fraction of sp³-hybridized carbons (Fsp3) is 0.350. The molecule has 0 bridgehead atoms. The topological polar surface area (TPSA) is 49.8 Å². The number of phenols is 1. The van der Waals surface area contributed by atoms with Crippen LogP contribution in [0.3, 0.4) is 0 Å². The van der Waals surface area contributed by atoms with Crippen LogP contribution in [-0.4, -0.2) is 35.3 Å². The van der Waals surface area contributed by atoms with Crippen LogP contribution in [0.2, 0.25) is 0 Å². The number of para-hydroxylation sites is 1. The van der Waals surface area contributed by atoms with Crippen molar-refractivity contribution in [3.05, 3.63) is 54.1 Å². The number of hydrogen-bond donors (Lipinski definition) is 1. The molecule has 0 aliphatic rings. The monoisotopic (exact) mass is 359 g/mol. The molecule has 0 radical (unpaired) electrons. The Labute approximate surface area is 153 Å². The first-order valence-electron chi connectivity index (χ1n) is 8.46. The summed E-state index contributed by atoms with van der Waals surface area (Å²) in [5.74, 6) is 2.12. The van der Waals surface area contributed by atoms with Gasteiger partial charge in [0.1, 0.15) is 11.5 Å².